The van der Waals surface area contributed by atoms with E-state index >= 15 is 0 Å². The lowest BCUT2D eigenvalue weighted by Gasteiger charge is -2.18. The van der Waals surface area contributed by atoms with Gasteiger partial charge in [-0.1, -0.05) is 20.3 Å². The zero-order chi connectivity index (χ0) is 16.7. The highest BCUT2D eigenvalue weighted by Gasteiger charge is 2.20. The number of aromatic nitrogens is 1. The van der Waals surface area contributed by atoms with Crippen LogP contribution in [0.1, 0.15) is 48.3 Å². The molecule has 1 heterocycles. The van der Waals surface area contributed by atoms with Crippen LogP contribution in [-0.2, 0) is 9.53 Å². The van der Waals surface area contributed by atoms with Crippen molar-refractivity contribution in [1.29, 1.82) is 0 Å². The predicted octanol–water partition coefficient (Wildman–Crippen LogP) is 0.843. The number of aliphatic hydroxyl groups excluding tert-OH is 1. The summed E-state index contributed by atoms with van der Waals surface area (Å²) < 4.78 is 4.55. The molecule has 0 spiro atoms. The first-order valence-corrected chi connectivity index (χ1v) is 8.03. The third-order valence-corrected chi connectivity index (χ3v) is 4.42. The van der Waals surface area contributed by atoms with Gasteiger partial charge in [-0.05, 0) is 12.3 Å². The SMILES string of the molecule is CCC(C)C(N)C(=O)NCCC(O)c1nc(C(=O)OC)cs1. The monoisotopic (exact) mass is 329 g/mol. The van der Waals surface area contributed by atoms with Gasteiger partial charge >= 0.3 is 5.97 Å². The maximum absolute atomic E-state index is 11.8. The van der Waals surface area contributed by atoms with Crippen molar-refractivity contribution < 1.29 is 19.4 Å². The quantitative estimate of drug-likeness (QED) is 0.609. The molecule has 0 aliphatic rings. The molecule has 0 aromatic carbocycles. The van der Waals surface area contributed by atoms with E-state index in [1.807, 2.05) is 13.8 Å². The van der Waals surface area contributed by atoms with Gasteiger partial charge in [0, 0.05) is 11.9 Å². The summed E-state index contributed by atoms with van der Waals surface area (Å²) in [5, 5.41) is 14.7. The third-order valence-electron chi connectivity index (χ3n) is 3.48. The number of rotatable bonds is 8. The van der Waals surface area contributed by atoms with Crippen molar-refractivity contribution in [2.24, 2.45) is 11.7 Å². The Hall–Kier alpha value is -1.51. The van der Waals surface area contributed by atoms with Crippen molar-refractivity contribution in [3.05, 3.63) is 16.1 Å². The van der Waals surface area contributed by atoms with Crippen LogP contribution in [0, 0.1) is 5.92 Å². The molecule has 1 rings (SSSR count). The van der Waals surface area contributed by atoms with Crippen LogP contribution in [0.3, 0.4) is 0 Å². The number of carbonyl (C=O) groups is 2. The van der Waals surface area contributed by atoms with Crippen molar-refractivity contribution >= 4 is 23.2 Å². The summed E-state index contributed by atoms with van der Waals surface area (Å²) in [6.07, 6.45) is 0.281. The number of hydrogen-bond donors (Lipinski definition) is 3. The molecule has 0 aliphatic carbocycles. The molecular formula is C14H23N3O4S. The number of ether oxygens (including phenoxy) is 1. The van der Waals surface area contributed by atoms with Crippen molar-refractivity contribution in [3.63, 3.8) is 0 Å². The molecule has 3 unspecified atom stereocenters. The van der Waals surface area contributed by atoms with Crippen molar-refractivity contribution in [2.75, 3.05) is 13.7 Å². The average Bonchev–Trinajstić information content (AvgIpc) is 3.02. The molecular weight excluding hydrogens is 306 g/mol. The number of methoxy groups -OCH3 is 1. The van der Waals surface area contributed by atoms with E-state index in [2.05, 4.69) is 15.0 Å². The molecule has 1 aromatic rings. The molecule has 0 bridgehead atoms. The number of esters is 1. The molecule has 7 nitrogen and oxygen atoms in total. The minimum absolute atomic E-state index is 0.103. The van der Waals surface area contributed by atoms with Crippen molar-refractivity contribution in [2.45, 2.75) is 38.8 Å². The minimum atomic E-state index is -0.844. The van der Waals surface area contributed by atoms with Crippen molar-refractivity contribution in [1.82, 2.24) is 10.3 Å². The van der Waals surface area contributed by atoms with Gasteiger partial charge in [0.2, 0.25) is 5.91 Å². The van der Waals surface area contributed by atoms with Gasteiger partial charge in [-0.15, -0.1) is 11.3 Å². The second-order valence-corrected chi connectivity index (χ2v) is 5.96. The molecule has 22 heavy (non-hydrogen) atoms. The summed E-state index contributed by atoms with van der Waals surface area (Å²) in [5.41, 5.74) is 5.99. The molecule has 1 aromatic heterocycles. The lowest BCUT2D eigenvalue weighted by Crippen LogP contribution is -2.45. The molecule has 0 fully saturated rings. The Morgan fingerprint density at radius 2 is 2.23 bits per heavy atom. The maximum atomic E-state index is 11.8. The summed E-state index contributed by atoms with van der Waals surface area (Å²) in [7, 11) is 1.27. The highest BCUT2D eigenvalue weighted by atomic mass is 32.1. The van der Waals surface area contributed by atoms with E-state index < -0.39 is 18.1 Å². The highest BCUT2D eigenvalue weighted by Crippen LogP contribution is 2.21. The fraction of sp³-hybridized carbons (Fsp3) is 0.643. The standard InChI is InChI=1S/C14H23N3O4S/c1-4-8(2)11(15)12(19)16-6-5-10(18)13-17-9(7-22-13)14(20)21-3/h7-8,10-11,18H,4-6,15H2,1-3H3,(H,16,19). The second kappa shape index (κ2) is 8.82. The Morgan fingerprint density at radius 3 is 2.82 bits per heavy atom. The van der Waals surface area contributed by atoms with E-state index in [0.29, 0.717) is 11.4 Å². The Bertz CT molecular complexity index is 506. The van der Waals surface area contributed by atoms with E-state index in [1.54, 1.807) is 0 Å². The minimum Gasteiger partial charge on any atom is -0.464 e. The summed E-state index contributed by atoms with van der Waals surface area (Å²) in [4.78, 5) is 27.1. The maximum Gasteiger partial charge on any atom is 0.357 e. The Morgan fingerprint density at radius 1 is 1.55 bits per heavy atom. The van der Waals surface area contributed by atoms with Crippen LogP contribution < -0.4 is 11.1 Å². The Kier molecular flexibility index (Phi) is 7.43. The molecule has 0 saturated carbocycles. The largest absolute Gasteiger partial charge is 0.464 e. The van der Waals surface area contributed by atoms with E-state index in [4.69, 9.17) is 5.73 Å². The molecule has 0 saturated heterocycles. The first-order chi connectivity index (χ1) is 10.4. The Labute approximate surface area is 133 Å². The van der Waals surface area contributed by atoms with Gasteiger partial charge in [0.15, 0.2) is 5.69 Å². The number of thiazole rings is 1. The lowest BCUT2D eigenvalue weighted by molar-refractivity contribution is -0.123. The zero-order valence-electron chi connectivity index (χ0n) is 13.0. The highest BCUT2D eigenvalue weighted by molar-refractivity contribution is 7.09. The summed E-state index contributed by atoms with van der Waals surface area (Å²) >= 11 is 1.18. The third kappa shape index (κ3) is 5.04. The number of amides is 1. The number of carbonyl (C=O) groups excluding carboxylic acids is 2. The molecule has 1 amide bonds. The average molecular weight is 329 g/mol. The fourth-order valence-corrected chi connectivity index (χ4v) is 2.53. The number of hydrogen-bond acceptors (Lipinski definition) is 7. The molecule has 124 valence electrons. The lowest BCUT2D eigenvalue weighted by atomic mass is 9.99. The second-order valence-electron chi connectivity index (χ2n) is 5.07. The topological polar surface area (TPSA) is 115 Å². The first-order valence-electron chi connectivity index (χ1n) is 7.15. The fourth-order valence-electron chi connectivity index (χ4n) is 1.72. The van der Waals surface area contributed by atoms with E-state index in [9.17, 15) is 14.7 Å². The van der Waals surface area contributed by atoms with Crippen LogP contribution in [0.5, 0.6) is 0 Å². The van der Waals surface area contributed by atoms with E-state index in [0.717, 1.165) is 6.42 Å². The zero-order valence-corrected chi connectivity index (χ0v) is 13.9. The van der Waals surface area contributed by atoms with Gasteiger partial charge in [0.1, 0.15) is 11.1 Å². The van der Waals surface area contributed by atoms with E-state index in [-0.39, 0.29) is 24.1 Å². The Balaban J connectivity index is 2.43. The number of nitrogens with zero attached hydrogens (tertiary/aromatic N) is 1. The molecule has 0 aliphatic heterocycles. The predicted molar refractivity (Wildman–Crippen MR) is 83.5 cm³/mol. The first kappa shape index (κ1) is 18.5. The molecule has 4 N–H and O–H groups in total. The van der Waals surface area contributed by atoms with Gasteiger partial charge < -0.3 is 20.9 Å². The van der Waals surface area contributed by atoms with Gasteiger partial charge in [-0.2, -0.15) is 0 Å². The van der Waals surface area contributed by atoms with Gasteiger partial charge in [0.25, 0.3) is 0 Å². The van der Waals surface area contributed by atoms with E-state index in [1.165, 1.54) is 23.8 Å². The van der Waals surface area contributed by atoms with Gasteiger partial charge in [-0.3, -0.25) is 4.79 Å². The van der Waals surface area contributed by atoms with Gasteiger partial charge in [-0.25, -0.2) is 9.78 Å². The van der Waals surface area contributed by atoms with Crippen LogP contribution in [0.25, 0.3) is 0 Å². The van der Waals surface area contributed by atoms with Crippen LogP contribution in [0.15, 0.2) is 5.38 Å². The van der Waals surface area contributed by atoms with Crippen LogP contribution >= 0.6 is 11.3 Å². The molecule has 0 radical (unpaired) electrons. The van der Waals surface area contributed by atoms with Crippen LogP contribution in [0.4, 0.5) is 0 Å². The molecule has 3 atom stereocenters. The number of nitrogens with two attached hydrogens (primary N) is 1. The van der Waals surface area contributed by atoms with Gasteiger partial charge in [0.05, 0.1) is 13.2 Å². The normalized spacial score (nSPS) is 15.0. The summed E-state index contributed by atoms with van der Waals surface area (Å²) in [6.45, 7) is 4.18. The van der Waals surface area contributed by atoms with Crippen molar-refractivity contribution in [3.8, 4) is 0 Å². The van der Waals surface area contributed by atoms with Crippen LogP contribution in [0.2, 0.25) is 0 Å². The van der Waals surface area contributed by atoms with Crippen LogP contribution in [-0.4, -0.2) is 41.7 Å². The number of nitrogens with one attached hydrogen (secondary N) is 1. The molecule has 8 heteroatoms. The summed E-state index contributed by atoms with van der Waals surface area (Å²) in [5.74, 6) is -0.662. The summed E-state index contributed by atoms with van der Waals surface area (Å²) in [6, 6.07) is -0.548. The smallest absolute Gasteiger partial charge is 0.357 e. The number of aliphatic hydroxyl groups is 1.